The molecule has 3 N–H and O–H groups in total. The highest BCUT2D eigenvalue weighted by Gasteiger charge is 2.36. The van der Waals surface area contributed by atoms with E-state index in [1.807, 2.05) is 36.4 Å². The molecule has 8 heteroatoms. The Balaban J connectivity index is 1.21. The van der Waals surface area contributed by atoms with Crippen molar-refractivity contribution in [3.63, 3.8) is 0 Å². The van der Waals surface area contributed by atoms with Gasteiger partial charge in [0.15, 0.2) is 0 Å². The zero-order chi connectivity index (χ0) is 25.1. The molecule has 2 saturated heterocycles. The van der Waals surface area contributed by atoms with E-state index >= 15 is 0 Å². The number of hydrogen-bond acceptors (Lipinski definition) is 5. The quantitative estimate of drug-likeness (QED) is 0.453. The van der Waals surface area contributed by atoms with E-state index in [1.165, 1.54) is 19.3 Å². The SMILES string of the molecule is C[C@H]1CN(/C(=C\N2CC3CCC2C3)Nc2ccc(C(=O)NCCc3ccc(Cl)cc3Cl)cc2)CCN1. The molecule has 1 saturated carbocycles. The van der Waals surface area contributed by atoms with Crippen LogP contribution in [0.15, 0.2) is 54.5 Å². The minimum Gasteiger partial charge on any atom is -0.371 e. The Bertz CT molecular complexity index is 1110. The minimum atomic E-state index is -0.0913. The minimum absolute atomic E-state index is 0.0913. The van der Waals surface area contributed by atoms with Crippen molar-refractivity contribution in [3.8, 4) is 0 Å². The largest absolute Gasteiger partial charge is 0.371 e. The van der Waals surface area contributed by atoms with Crippen LogP contribution in [0.2, 0.25) is 10.0 Å². The number of likely N-dealkylation sites (tertiary alicyclic amines) is 1. The van der Waals surface area contributed by atoms with E-state index in [2.05, 4.69) is 38.9 Å². The molecule has 192 valence electrons. The van der Waals surface area contributed by atoms with Gasteiger partial charge in [0.1, 0.15) is 5.82 Å². The van der Waals surface area contributed by atoms with Crippen molar-refractivity contribution in [3.05, 3.63) is 75.7 Å². The van der Waals surface area contributed by atoms with Gasteiger partial charge in [-0.1, -0.05) is 29.3 Å². The molecule has 3 fully saturated rings. The number of nitrogens with zero attached hydrogens (tertiary/aromatic N) is 2. The van der Waals surface area contributed by atoms with Crippen molar-refractivity contribution < 1.29 is 4.79 Å². The third-order valence-electron chi connectivity index (χ3n) is 7.56. The lowest BCUT2D eigenvalue weighted by Crippen LogP contribution is -2.50. The summed E-state index contributed by atoms with van der Waals surface area (Å²) in [6, 6.07) is 14.3. The summed E-state index contributed by atoms with van der Waals surface area (Å²) in [6.45, 7) is 6.83. The number of anilines is 1. The van der Waals surface area contributed by atoms with E-state index in [1.54, 1.807) is 6.07 Å². The van der Waals surface area contributed by atoms with Gasteiger partial charge in [0.2, 0.25) is 0 Å². The fraction of sp³-hybridized carbons (Fsp3) is 0.464. The lowest BCUT2D eigenvalue weighted by Gasteiger charge is -2.37. The third-order valence-corrected chi connectivity index (χ3v) is 8.15. The molecular formula is C28H35Cl2N5O. The number of rotatable bonds is 8. The Labute approximate surface area is 224 Å². The highest BCUT2D eigenvalue weighted by Crippen LogP contribution is 2.38. The van der Waals surface area contributed by atoms with E-state index < -0.39 is 0 Å². The molecule has 5 rings (SSSR count). The fourth-order valence-corrected chi connectivity index (χ4v) is 6.12. The molecule has 2 heterocycles. The standard InChI is InChI=1S/C28H35Cl2N5O/c1-19-16-34(13-12-31-19)27(18-35-17-20-2-9-25(35)14-20)33-24-7-4-22(5-8-24)28(36)32-11-10-21-3-6-23(29)15-26(21)30/h3-8,15,18-20,25,31,33H,2,9-14,16-17H2,1H3,(H,32,36)/b27-18-/t19-,20?,25?/m0/s1. The summed E-state index contributed by atoms with van der Waals surface area (Å²) in [7, 11) is 0. The van der Waals surface area contributed by atoms with Crippen LogP contribution in [-0.2, 0) is 6.42 Å². The number of nitrogens with one attached hydrogen (secondary N) is 3. The van der Waals surface area contributed by atoms with Gasteiger partial charge in [0, 0.05) is 72.3 Å². The average Bonchev–Trinajstić information content (AvgIpc) is 3.49. The molecular weight excluding hydrogens is 493 g/mol. The van der Waals surface area contributed by atoms with Crippen molar-refractivity contribution in [2.75, 3.05) is 38.0 Å². The first kappa shape index (κ1) is 25.2. The van der Waals surface area contributed by atoms with Crippen molar-refractivity contribution in [2.24, 2.45) is 5.92 Å². The second kappa shape index (κ2) is 11.3. The highest BCUT2D eigenvalue weighted by atomic mass is 35.5. The van der Waals surface area contributed by atoms with Gasteiger partial charge in [-0.25, -0.2) is 0 Å². The van der Waals surface area contributed by atoms with Crippen molar-refractivity contribution in [2.45, 2.75) is 44.7 Å². The first-order valence-corrected chi connectivity index (χ1v) is 13.8. The topological polar surface area (TPSA) is 59.6 Å². The molecule has 1 aliphatic carbocycles. The Morgan fingerprint density at radius 2 is 1.97 bits per heavy atom. The van der Waals surface area contributed by atoms with E-state index in [4.69, 9.17) is 23.2 Å². The molecule has 36 heavy (non-hydrogen) atoms. The first-order chi connectivity index (χ1) is 17.4. The van der Waals surface area contributed by atoms with Crippen LogP contribution in [-0.4, -0.2) is 60.5 Å². The second-order valence-electron chi connectivity index (χ2n) is 10.3. The first-order valence-electron chi connectivity index (χ1n) is 13.0. The van der Waals surface area contributed by atoms with Crippen molar-refractivity contribution in [1.82, 2.24) is 20.4 Å². The summed E-state index contributed by atoms with van der Waals surface area (Å²) in [5.74, 6) is 1.90. The summed E-state index contributed by atoms with van der Waals surface area (Å²) in [6.07, 6.45) is 7.00. The maximum Gasteiger partial charge on any atom is 0.251 e. The van der Waals surface area contributed by atoms with Gasteiger partial charge in [-0.3, -0.25) is 4.79 Å². The number of benzene rings is 2. The van der Waals surface area contributed by atoms with Gasteiger partial charge in [-0.15, -0.1) is 0 Å². The third kappa shape index (κ3) is 6.10. The van der Waals surface area contributed by atoms with Gasteiger partial charge in [0.25, 0.3) is 5.91 Å². The highest BCUT2D eigenvalue weighted by molar-refractivity contribution is 6.35. The Kier molecular flexibility index (Phi) is 7.94. The van der Waals surface area contributed by atoms with Crippen LogP contribution >= 0.6 is 23.2 Å². The molecule has 0 aromatic heterocycles. The van der Waals surface area contributed by atoms with Gasteiger partial charge in [-0.05, 0) is 80.5 Å². The molecule has 2 aliphatic heterocycles. The molecule has 2 aromatic carbocycles. The molecule has 0 spiro atoms. The Morgan fingerprint density at radius 1 is 1.14 bits per heavy atom. The monoisotopic (exact) mass is 527 g/mol. The summed E-state index contributed by atoms with van der Waals surface area (Å²) in [4.78, 5) is 17.7. The molecule has 2 unspecified atom stereocenters. The number of fused-ring (bicyclic) bond motifs is 2. The zero-order valence-corrected chi connectivity index (χ0v) is 22.3. The number of piperazine rings is 1. The van der Waals surface area contributed by atoms with Crippen LogP contribution in [0.3, 0.4) is 0 Å². The van der Waals surface area contributed by atoms with E-state index in [-0.39, 0.29) is 5.91 Å². The molecule has 3 atom stereocenters. The molecule has 3 aliphatic rings. The number of halogens is 2. The predicted molar refractivity (Wildman–Crippen MR) is 148 cm³/mol. The van der Waals surface area contributed by atoms with Crippen molar-refractivity contribution >= 4 is 34.8 Å². The maximum absolute atomic E-state index is 12.7. The fourth-order valence-electron chi connectivity index (χ4n) is 5.61. The van der Waals surface area contributed by atoms with Crippen LogP contribution in [0.25, 0.3) is 0 Å². The number of hydrogen-bond donors (Lipinski definition) is 3. The normalized spacial score (nSPS) is 23.8. The molecule has 0 radical (unpaired) electrons. The van der Waals surface area contributed by atoms with Crippen LogP contribution in [0, 0.1) is 5.92 Å². The summed E-state index contributed by atoms with van der Waals surface area (Å²) in [5.41, 5.74) is 2.59. The molecule has 2 bridgehead atoms. The number of piperidine rings is 1. The summed E-state index contributed by atoms with van der Waals surface area (Å²) < 4.78 is 0. The maximum atomic E-state index is 12.7. The van der Waals surface area contributed by atoms with E-state index in [0.717, 1.165) is 49.2 Å². The average molecular weight is 529 g/mol. The zero-order valence-electron chi connectivity index (χ0n) is 20.8. The summed E-state index contributed by atoms with van der Waals surface area (Å²) >= 11 is 12.2. The number of carbonyl (C=O) groups excluding carboxylic acids is 1. The Morgan fingerprint density at radius 3 is 2.67 bits per heavy atom. The summed E-state index contributed by atoms with van der Waals surface area (Å²) in [5, 5.41) is 11.4. The molecule has 6 nitrogen and oxygen atoms in total. The number of carbonyl (C=O) groups is 1. The number of amides is 1. The second-order valence-corrected chi connectivity index (χ2v) is 11.1. The van der Waals surface area contributed by atoms with Crippen LogP contribution in [0.1, 0.15) is 42.1 Å². The van der Waals surface area contributed by atoms with Crippen molar-refractivity contribution in [1.29, 1.82) is 0 Å². The van der Waals surface area contributed by atoms with Gasteiger partial charge >= 0.3 is 0 Å². The lowest BCUT2D eigenvalue weighted by atomic mass is 10.1. The smallest absolute Gasteiger partial charge is 0.251 e. The Hall–Kier alpha value is -2.41. The van der Waals surface area contributed by atoms with E-state index in [9.17, 15) is 4.79 Å². The predicted octanol–water partition coefficient (Wildman–Crippen LogP) is 4.95. The van der Waals surface area contributed by atoms with Gasteiger partial charge < -0.3 is 25.8 Å². The molecule has 1 amide bonds. The van der Waals surface area contributed by atoms with Gasteiger partial charge in [0.05, 0.1) is 0 Å². The lowest BCUT2D eigenvalue weighted by molar-refractivity contribution is 0.0954. The van der Waals surface area contributed by atoms with Crippen LogP contribution in [0.4, 0.5) is 5.69 Å². The molecule has 2 aromatic rings. The van der Waals surface area contributed by atoms with Crippen LogP contribution < -0.4 is 16.0 Å². The van der Waals surface area contributed by atoms with Gasteiger partial charge in [-0.2, -0.15) is 0 Å². The van der Waals surface area contributed by atoms with E-state index in [0.29, 0.717) is 40.7 Å². The van der Waals surface area contributed by atoms with Crippen LogP contribution in [0.5, 0.6) is 0 Å².